The van der Waals surface area contributed by atoms with Crippen LogP contribution in [0.1, 0.15) is 173 Å². The van der Waals surface area contributed by atoms with Crippen LogP contribution in [0.5, 0.6) is 0 Å². The van der Waals surface area contributed by atoms with Gasteiger partial charge in [0.05, 0.1) is 29.1 Å². The largest absolute Gasteiger partial charge is 0.417 e. The second kappa shape index (κ2) is 35.8. The number of rotatable bonds is 14. The van der Waals surface area contributed by atoms with Gasteiger partial charge in [-0.05, 0) is 118 Å². The summed E-state index contributed by atoms with van der Waals surface area (Å²) in [5.74, 6) is -10.2. The number of amides is 12. The molecule has 5 fully saturated rings. The SMILES string of the molecule is CCCCC[C@H]1C(=O)N[C@@H]([C@@H](C)CC)C(=O)N[C@@H](C)C(=O)N2CC[C@H]2C(=O)N(C)[C@@H](Cc2ccc(C(F)(F)F)cc2)C(=O)N(C)CC(=O)N[C@@H](CCc2ccc(C(F)(F)F)c(Cl)c2)C(=O)N2CCC[C@H]2C(=O)NC2(CCCC2)C(=O)N(C)[C@@H]([C@@H](C)CC)C(=O)N(C)[C@H](C(=O)N2CCCC2)CC(=O)N1C. The number of likely N-dealkylation sites (tertiary alicyclic amines) is 1. The van der Waals surface area contributed by atoms with Gasteiger partial charge >= 0.3 is 12.4 Å². The molecule has 5 aliphatic rings. The Balaban J connectivity index is 1.30. The van der Waals surface area contributed by atoms with Crippen LogP contribution >= 0.6 is 11.6 Å². The lowest BCUT2D eigenvalue weighted by Gasteiger charge is -2.44. The van der Waals surface area contributed by atoms with Crippen LogP contribution in [0.2, 0.25) is 5.02 Å². The molecule has 4 heterocycles. The van der Waals surface area contributed by atoms with Crippen LogP contribution in [-0.2, 0) is 82.7 Å². The third-order valence-electron chi connectivity index (χ3n) is 21.7. The first-order chi connectivity index (χ1) is 48.9. The Kier molecular flexibility index (Phi) is 28.7. The molecule has 1 aliphatic carbocycles. The first kappa shape index (κ1) is 83.2. The van der Waals surface area contributed by atoms with Crippen molar-refractivity contribution in [3.05, 3.63) is 69.7 Å². The topological polar surface area (TPSA) is 279 Å². The Morgan fingerprint density at radius 3 is 1.81 bits per heavy atom. The highest BCUT2D eigenvalue weighted by molar-refractivity contribution is 6.31. The zero-order valence-electron chi connectivity index (χ0n) is 61.5. The van der Waals surface area contributed by atoms with E-state index >= 15 is 24.0 Å². The normalized spacial score (nSPS) is 26.2. The molecule has 104 heavy (non-hydrogen) atoms. The highest BCUT2D eigenvalue weighted by Gasteiger charge is 2.52. The van der Waals surface area contributed by atoms with Gasteiger partial charge in [-0.3, -0.25) is 57.5 Å². The van der Waals surface area contributed by atoms with Crippen molar-refractivity contribution in [2.24, 2.45) is 11.8 Å². The summed E-state index contributed by atoms with van der Waals surface area (Å²) in [6.07, 6.45) is -5.57. The molecule has 2 aromatic carbocycles. The molecule has 4 saturated heterocycles. The summed E-state index contributed by atoms with van der Waals surface area (Å²) in [7, 11) is 6.66. The zero-order chi connectivity index (χ0) is 77.0. The molecule has 0 radical (unpaired) electrons. The van der Waals surface area contributed by atoms with E-state index in [1.165, 1.54) is 66.7 Å². The molecule has 4 aliphatic heterocycles. The maximum Gasteiger partial charge on any atom is 0.417 e. The molecular weight excluding hydrogens is 1390 g/mol. The van der Waals surface area contributed by atoms with Crippen molar-refractivity contribution in [3.8, 4) is 0 Å². The number of hydrogen-bond donors (Lipinski definition) is 4. The van der Waals surface area contributed by atoms with Gasteiger partial charge in [0.15, 0.2) is 0 Å². The molecule has 4 N–H and O–H groups in total. The van der Waals surface area contributed by atoms with E-state index in [4.69, 9.17) is 11.6 Å². The zero-order valence-corrected chi connectivity index (χ0v) is 62.2. The average molecular weight is 1490 g/mol. The number of aryl methyl sites for hydroxylation is 1. The van der Waals surface area contributed by atoms with Crippen molar-refractivity contribution in [3.63, 3.8) is 0 Å². The van der Waals surface area contributed by atoms with Crippen LogP contribution in [0.3, 0.4) is 0 Å². The molecule has 0 bridgehead atoms. The van der Waals surface area contributed by atoms with Crippen molar-refractivity contribution in [2.45, 2.75) is 236 Å². The summed E-state index contributed by atoms with van der Waals surface area (Å²) in [6, 6.07) is -5.43. The van der Waals surface area contributed by atoms with E-state index in [1.807, 2.05) is 13.8 Å². The third-order valence-corrected chi connectivity index (χ3v) is 22.1. The number of carbonyl (C=O) groups is 12. The van der Waals surface area contributed by atoms with Crippen molar-refractivity contribution < 1.29 is 83.9 Å². The number of benzene rings is 2. The standard InChI is InChI=1S/C73H103ClF6N12O12/c1-12-15-16-22-52-61(95)83-59(43(4)13-2)63(97)81-45(6)64(98)92-38-32-54(92)67(101)87(9)55(40-47-24-28-48(29-25-47)72(75,76)77)66(100)85(7)42-57(93)82-51(31-27-46-26-30-49(50(74)39-46)73(78,79)80)65(99)91-37-21-23-53(91)62(96)84-71(33-17-18-34-71)70(104)89(11)60(44(5)14-3)69(103)88(10)56(41-58(94)86(52)8)68(102)90-35-19-20-36-90/h24-26,28-30,39,43-45,51-56,59-60H,12-23,27,31-38,40-42H2,1-11H3,(H,81,97)(H,82,93)(H,83,95)(H,84,96)/t43-,44-,45-,51-,52-,53-,54-,55-,56-,59-,60-/m0/s1. The molecule has 11 atom stereocenters. The van der Waals surface area contributed by atoms with Crippen LogP contribution in [0, 0.1) is 11.8 Å². The van der Waals surface area contributed by atoms with E-state index in [0.717, 1.165) is 58.7 Å². The van der Waals surface area contributed by atoms with Gasteiger partial charge in [-0.2, -0.15) is 26.3 Å². The molecule has 12 amide bonds. The monoisotopic (exact) mass is 1490 g/mol. The summed E-state index contributed by atoms with van der Waals surface area (Å²) in [4.78, 5) is 189. The van der Waals surface area contributed by atoms with Gasteiger partial charge in [-0.1, -0.05) is 109 Å². The molecule has 7 rings (SSSR count). The van der Waals surface area contributed by atoms with Crippen LogP contribution in [-0.4, -0.2) is 238 Å². The quantitative estimate of drug-likeness (QED) is 0.116. The van der Waals surface area contributed by atoms with Gasteiger partial charge in [0, 0.05) is 67.8 Å². The van der Waals surface area contributed by atoms with Gasteiger partial charge in [0.25, 0.3) is 0 Å². The fourth-order valence-corrected chi connectivity index (χ4v) is 15.1. The van der Waals surface area contributed by atoms with E-state index < -0.39 is 191 Å². The van der Waals surface area contributed by atoms with Crippen LogP contribution in [0.25, 0.3) is 0 Å². The highest BCUT2D eigenvalue weighted by atomic mass is 35.5. The lowest BCUT2D eigenvalue weighted by Crippen LogP contribution is -2.65. The lowest BCUT2D eigenvalue weighted by molar-refractivity contribution is -0.157. The fourth-order valence-electron chi connectivity index (χ4n) is 14.7. The second-order valence-corrected chi connectivity index (χ2v) is 29.3. The van der Waals surface area contributed by atoms with Gasteiger partial charge in [0.2, 0.25) is 70.9 Å². The van der Waals surface area contributed by atoms with Crippen molar-refractivity contribution >= 4 is 82.5 Å². The number of nitrogens with one attached hydrogen (secondary N) is 4. The summed E-state index contributed by atoms with van der Waals surface area (Å²) < 4.78 is 83.2. The van der Waals surface area contributed by atoms with E-state index in [9.17, 15) is 59.9 Å². The molecule has 1 spiro atoms. The molecule has 1 saturated carbocycles. The number of unbranched alkanes of at least 4 members (excludes halogenated alkanes) is 2. The second-order valence-electron chi connectivity index (χ2n) is 28.9. The van der Waals surface area contributed by atoms with Crippen molar-refractivity contribution in [1.29, 1.82) is 0 Å². The van der Waals surface area contributed by atoms with Gasteiger partial charge in [0.1, 0.15) is 59.9 Å². The molecule has 576 valence electrons. The predicted octanol–water partition coefficient (Wildman–Crippen LogP) is 6.51. The van der Waals surface area contributed by atoms with E-state index in [-0.39, 0.29) is 75.6 Å². The number of nitrogens with zero attached hydrogens (tertiary/aromatic N) is 8. The summed E-state index contributed by atoms with van der Waals surface area (Å²) in [5.41, 5.74) is -3.40. The maximum absolute atomic E-state index is 15.5. The highest BCUT2D eigenvalue weighted by Crippen LogP contribution is 2.38. The lowest BCUT2D eigenvalue weighted by atomic mass is 9.90. The first-order valence-electron chi connectivity index (χ1n) is 36.4. The summed E-state index contributed by atoms with van der Waals surface area (Å²) in [5, 5.41) is 10.5. The minimum atomic E-state index is -4.81. The van der Waals surface area contributed by atoms with Crippen LogP contribution in [0.15, 0.2) is 42.5 Å². The predicted molar refractivity (Wildman–Crippen MR) is 373 cm³/mol. The van der Waals surface area contributed by atoms with Gasteiger partial charge in [-0.15, -0.1) is 0 Å². The van der Waals surface area contributed by atoms with Crippen molar-refractivity contribution in [1.82, 2.24) is 60.5 Å². The molecular formula is C73H103ClF6N12O12. The Labute approximate surface area is 609 Å². The van der Waals surface area contributed by atoms with Gasteiger partial charge in [-0.25, -0.2) is 0 Å². The average Bonchev–Trinajstić information content (AvgIpc) is 1.13. The fraction of sp³-hybridized carbons (Fsp3) is 0.671. The summed E-state index contributed by atoms with van der Waals surface area (Å²) in [6.45, 7) is 10.2. The van der Waals surface area contributed by atoms with Crippen molar-refractivity contribution in [2.75, 3.05) is 68.0 Å². The van der Waals surface area contributed by atoms with E-state index in [1.54, 1.807) is 25.7 Å². The molecule has 31 heteroatoms. The Hall–Kier alpha value is -8.05. The maximum atomic E-state index is 15.5. The molecule has 2 aromatic rings. The smallest absolute Gasteiger partial charge is 0.343 e. The summed E-state index contributed by atoms with van der Waals surface area (Å²) >= 11 is 6.13. The Bertz CT molecular complexity index is 3460. The minimum absolute atomic E-state index is 0.00519. The first-order valence-corrected chi connectivity index (χ1v) is 36.7. The number of likely N-dealkylation sites (N-methyl/N-ethyl adjacent to an activating group) is 5. The molecule has 0 unspecified atom stereocenters. The van der Waals surface area contributed by atoms with Gasteiger partial charge < -0.3 is 60.5 Å². The Morgan fingerprint density at radius 2 is 1.23 bits per heavy atom. The Morgan fingerprint density at radius 1 is 0.606 bits per heavy atom. The minimum Gasteiger partial charge on any atom is -0.343 e. The number of alkyl halides is 6. The number of hydrogen-bond acceptors (Lipinski definition) is 12. The number of fused-ring (bicyclic) bond motifs is 2. The molecule has 24 nitrogen and oxygen atoms in total. The molecule has 0 aromatic heterocycles. The number of carbonyl (C=O) groups excluding carboxylic acids is 12. The van der Waals surface area contributed by atoms with Crippen LogP contribution in [0.4, 0.5) is 26.3 Å². The van der Waals surface area contributed by atoms with E-state index in [0.29, 0.717) is 64.5 Å². The number of halogens is 7. The van der Waals surface area contributed by atoms with E-state index in [2.05, 4.69) is 21.3 Å². The third kappa shape index (κ3) is 19.7. The van der Waals surface area contributed by atoms with Crippen LogP contribution < -0.4 is 21.3 Å².